The Kier molecular flexibility index (Phi) is 6.22. The molecule has 0 unspecified atom stereocenters. The van der Waals surface area contributed by atoms with E-state index in [-0.39, 0.29) is 0 Å². The molecule has 4 heteroatoms. The van der Waals surface area contributed by atoms with Gasteiger partial charge in [0.15, 0.2) is 0 Å². The molecule has 4 nitrogen and oxygen atoms in total. The van der Waals surface area contributed by atoms with Gasteiger partial charge in [-0.25, -0.2) is 9.97 Å². The summed E-state index contributed by atoms with van der Waals surface area (Å²) in [5.74, 6) is 0. The molecule has 0 spiro atoms. The van der Waals surface area contributed by atoms with Crippen LogP contribution in [0.1, 0.15) is 0 Å². The van der Waals surface area contributed by atoms with Crippen molar-refractivity contribution in [3.63, 3.8) is 0 Å². The van der Waals surface area contributed by atoms with E-state index < -0.39 is 0 Å². The lowest BCUT2D eigenvalue weighted by atomic mass is 10.00. The number of imidazole rings is 1. The summed E-state index contributed by atoms with van der Waals surface area (Å²) >= 11 is 0. The van der Waals surface area contributed by atoms with E-state index in [0.29, 0.717) is 0 Å². The zero-order valence-corrected chi connectivity index (χ0v) is 28.1. The molecule has 11 rings (SSSR count). The molecule has 7 aromatic carbocycles. The molecule has 0 amide bonds. The van der Waals surface area contributed by atoms with Gasteiger partial charge in [-0.05, 0) is 65.0 Å². The van der Waals surface area contributed by atoms with E-state index >= 15 is 0 Å². The third kappa shape index (κ3) is 4.28. The Morgan fingerprint density at radius 1 is 0.365 bits per heavy atom. The van der Waals surface area contributed by atoms with Crippen LogP contribution in [0.15, 0.2) is 182 Å². The van der Waals surface area contributed by atoms with Gasteiger partial charge >= 0.3 is 0 Å². The maximum Gasteiger partial charge on any atom is 0.148 e. The fraction of sp³-hybridized carbons (Fsp3) is 0. The molecule has 0 aliphatic carbocycles. The fourth-order valence-electron chi connectivity index (χ4n) is 8.15. The molecular weight excluding hydrogens is 633 g/mol. The lowest BCUT2D eigenvalue weighted by Crippen LogP contribution is -1.98. The Bertz CT molecular complexity index is 3110. The lowest BCUT2D eigenvalue weighted by Gasteiger charge is -2.15. The minimum atomic E-state index is 0.931. The van der Waals surface area contributed by atoms with Crippen molar-refractivity contribution in [2.75, 3.05) is 0 Å². The van der Waals surface area contributed by atoms with Crippen LogP contribution in [0.2, 0.25) is 0 Å². The number of benzene rings is 7. The summed E-state index contributed by atoms with van der Waals surface area (Å²) in [4.78, 5) is 10.6. The minimum Gasteiger partial charge on any atom is -0.308 e. The van der Waals surface area contributed by atoms with Crippen LogP contribution in [0.3, 0.4) is 0 Å². The van der Waals surface area contributed by atoms with Crippen molar-refractivity contribution >= 4 is 60.2 Å². The molecule has 0 aliphatic rings. The van der Waals surface area contributed by atoms with Gasteiger partial charge in [0, 0.05) is 33.0 Å². The quantitative estimate of drug-likeness (QED) is 0.176. The second-order valence-corrected chi connectivity index (χ2v) is 13.4. The number of aromatic nitrogens is 4. The van der Waals surface area contributed by atoms with Gasteiger partial charge in [0.1, 0.15) is 5.65 Å². The Balaban J connectivity index is 1.23. The van der Waals surface area contributed by atoms with E-state index in [2.05, 4.69) is 185 Å². The molecule has 0 atom stereocenters. The first-order valence-corrected chi connectivity index (χ1v) is 17.7. The Morgan fingerprint density at radius 2 is 0.962 bits per heavy atom. The summed E-state index contributed by atoms with van der Waals surface area (Å²) in [6.45, 7) is 0. The van der Waals surface area contributed by atoms with Gasteiger partial charge < -0.3 is 4.57 Å². The molecule has 0 bridgehead atoms. The standard InChI is InChI=1S/C48H30N4/c1-3-14-31(15-4-1)34-29-41(32-16-5-2-6-17-32)49-42(30-34)33-18-13-19-35(28-33)51-43-23-10-8-21-37(43)39-27-26-38-36-20-7-11-24-44(36)52-45-25-12-9-22-40(45)50-48(52)46(38)47(39)51/h1-30H. The van der Waals surface area contributed by atoms with Crippen LogP contribution in [0, 0.1) is 0 Å². The highest BCUT2D eigenvalue weighted by atomic mass is 15.0. The van der Waals surface area contributed by atoms with Crippen LogP contribution in [-0.4, -0.2) is 18.9 Å². The molecule has 0 N–H and O–H groups in total. The van der Waals surface area contributed by atoms with Gasteiger partial charge in [-0.15, -0.1) is 0 Å². The van der Waals surface area contributed by atoms with Crippen molar-refractivity contribution in [3.8, 4) is 39.3 Å². The van der Waals surface area contributed by atoms with E-state index in [0.717, 1.165) is 77.9 Å². The molecule has 0 radical (unpaired) electrons. The van der Waals surface area contributed by atoms with Crippen molar-refractivity contribution in [1.82, 2.24) is 18.9 Å². The normalized spacial score (nSPS) is 11.8. The summed E-state index contributed by atoms with van der Waals surface area (Å²) in [5, 5.41) is 5.95. The van der Waals surface area contributed by atoms with Crippen molar-refractivity contribution in [1.29, 1.82) is 0 Å². The largest absolute Gasteiger partial charge is 0.308 e. The van der Waals surface area contributed by atoms with Gasteiger partial charge in [0.25, 0.3) is 0 Å². The summed E-state index contributed by atoms with van der Waals surface area (Å²) in [5.41, 5.74) is 13.9. The molecule has 0 saturated carbocycles. The molecule has 0 fully saturated rings. The van der Waals surface area contributed by atoms with E-state index in [1.54, 1.807) is 0 Å². The third-order valence-electron chi connectivity index (χ3n) is 10.5. The summed E-state index contributed by atoms with van der Waals surface area (Å²) in [6, 6.07) is 64.7. The first kappa shape index (κ1) is 28.8. The number of rotatable bonds is 4. The molecule has 0 saturated heterocycles. The Hall–Kier alpha value is -7.04. The Morgan fingerprint density at radius 3 is 1.75 bits per heavy atom. The number of nitrogens with zero attached hydrogens (tertiary/aromatic N) is 4. The fourth-order valence-corrected chi connectivity index (χ4v) is 8.15. The maximum atomic E-state index is 5.33. The first-order chi connectivity index (χ1) is 25.8. The van der Waals surface area contributed by atoms with Gasteiger partial charge in [0.05, 0.1) is 44.4 Å². The van der Waals surface area contributed by atoms with Crippen molar-refractivity contribution in [3.05, 3.63) is 182 Å². The molecule has 52 heavy (non-hydrogen) atoms. The summed E-state index contributed by atoms with van der Waals surface area (Å²) in [6.07, 6.45) is 0. The number of fused-ring (bicyclic) bond motifs is 12. The van der Waals surface area contributed by atoms with Crippen LogP contribution < -0.4 is 0 Å². The van der Waals surface area contributed by atoms with Gasteiger partial charge in [-0.2, -0.15) is 0 Å². The smallest absolute Gasteiger partial charge is 0.148 e. The zero-order chi connectivity index (χ0) is 34.2. The van der Waals surface area contributed by atoms with E-state index in [4.69, 9.17) is 9.97 Å². The maximum absolute atomic E-state index is 5.33. The zero-order valence-electron chi connectivity index (χ0n) is 28.1. The lowest BCUT2D eigenvalue weighted by molar-refractivity contribution is 1.18. The van der Waals surface area contributed by atoms with E-state index in [1.807, 2.05) is 6.07 Å². The van der Waals surface area contributed by atoms with Crippen LogP contribution in [0.5, 0.6) is 0 Å². The van der Waals surface area contributed by atoms with Gasteiger partial charge in [0.2, 0.25) is 0 Å². The SMILES string of the molecule is c1ccc(-c2cc(-c3ccccc3)nc(-c3cccc(-n4c5ccccc5c5ccc6c7ccccc7n7c8ccccc8nc7c6c54)c3)c2)cc1. The van der Waals surface area contributed by atoms with Crippen LogP contribution >= 0.6 is 0 Å². The van der Waals surface area contributed by atoms with E-state index in [9.17, 15) is 0 Å². The van der Waals surface area contributed by atoms with Crippen molar-refractivity contribution in [2.45, 2.75) is 0 Å². The van der Waals surface area contributed by atoms with Crippen molar-refractivity contribution < 1.29 is 0 Å². The van der Waals surface area contributed by atoms with Gasteiger partial charge in [-0.3, -0.25) is 4.40 Å². The number of para-hydroxylation sites is 4. The Labute approximate surface area is 299 Å². The van der Waals surface area contributed by atoms with Crippen LogP contribution in [-0.2, 0) is 0 Å². The molecule has 0 aliphatic heterocycles. The number of hydrogen-bond acceptors (Lipinski definition) is 2. The topological polar surface area (TPSA) is 35.1 Å². The van der Waals surface area contributed by atoms with Crippen LogP contribution in [0.25, 0.3) is 99.5 Å². The molecular formula is C48H30N4. The monoisotopic (exact) mass is 662 g/mol. The number of pyridine rings is 2. The third-order valence-corrected chi connectivity index (χ3v) is 10.5. The predicted octanol–water partition coefficient (Wildman–Crippen LogP) is 12.3. The molecule has 4 heterocycles. The number of hydrogen-bond donors (Lipinski definition) is 0. The molecule has 11 aromatic rings. The second-order valence-electron chi connectivity index (χ2n) is 13.4. The first-order valence-electron chi connectivity index (χ1n) is 17.7. The van der Waals surface area contributed by atoms with E-state index in [1.165, 1.54) is 21.5 Å². The highest BCUT2D eigenvalue weighted by Gasteiger charge is 2.21. The summed E-state index contributed by atoms with van der Waals surface area (Å²) < 4.78 is 4.78. The van der Waals surface area contributed by atoms with Crippen LogP contribution in [0.4, 0.5) is 0 Å². The highest BCUT2D eigenvalue weighted by Crippen LogP contribution is 2.42. The minimum absolute atomic E-state index is 0.931. The molecule has 4 aromatic heterocycles. The molecule has 242 valence electrons. The average Bonchev–Trinajstić information content (AvgIpc) is 3.78. The average molecular weight is 663 g/mol. The predicted molar refractivity (Wildman–Crippen MR) is 216 cm³/mol. The van der Waals surface area contributed by atoms with Gasteiger partial charge in [-0.1, -0.05) is 133 Å². The second kappa shape index (κ2) is 11.2. The van der Waals surface area contributed by atoms with Crippen molar-refractivity contribution in [2.24, 2.45) is 0 Å². The summed E-state index contributed by atoms with van der Waals surface area (Å²) in [7, 11) is 0. The highest BCUT2D eigenvalue weighted by molar-refractivity contribution is 6.27.